The van der Waals surface area contributed by atoms with Crippen LogP contribution in [0.3, 0.4) is 0 Å². The van der Waals surface area contributed by atoms with Crippen LogP contribution in [-0.4, -0.2) is 13.1 Å². The van der Waals surface area contributed by atoms with Crippen molar-refractivity contribution in [2.45, 2.75) is 13.0 Å². The van der Waals surface area contributed by atoms with E-state index in [1.54, 1.807) is 0 Å². The zero-order valence-electron chi connectivity index (χ0n) is 13.0. The Morgan fingerprint density at radius 2 is 1.36 bits per heavy atom. The van der Waals surface area contributed by atoms with Crippen LogP contribution in [0, 0.1) is 30.8 Å². The maximum Gasteiger partial charge on any atom is 0.0211 e. The Morgan fingerprint density at radius 3 is 1.86 bits per heavy atom. The lowest BCUT2D eigenvalue weighted by Crippen LogP contribution is -2.32. The van der Waals surface area contributed by atoms with Gasteiger partial charge in [0.15, 0.2) is 0 Å². The van der Waals surface area contributed by atoms with Crippen LogP contribution in [0.4, 0.5) is 0 Å². The summed E-state index contributed by atoms with van der Waals surface area (Å²) in [5, 5.41) is 6.18. The minimum atomic E-state index is -0.508. The van der Waals surface area contributed by atoms with Crippen molar-refractivity contribution in [1.82, 2.24) is 5.32 Å². The Bertz CT molecular complexity index is 529. The van der Waals surface area contributed by atoms with Crippen LogP contribution < -0.4 is 15.9 Å². The van der Waals surface area contributed by atoms with Crippen LogP contribution in [-0.2, 0) is 0 Å². The summed E-state index contributed by atoms with van der Waals surface area (Å²) in [7, 11) is 1.51. The summed E-state index contributed by atoms with van der Waals surface area (Å²) in [6.45, 7) is 2.22. The van der Waals surface area contributed by atoms with Crippen molar-refractivity contribution in [2.24, 2.45) is 0 Å². The molecule has 1 atom stereocenters. The first-order valence-electron chi connectivity index (χ1n) is 7.64. The van der Waals surface area contributed by atoms with Gasteiger partial charge in [-0.2, -0.15) is 0 Å². The van der Waals surface area contributed by atoms with E-state index in [0.29, 0.717) is 6.04 Å². The predicted molar refractivity (Wildman–Crippen MR) is 97.0 cm³/mol. The van der Waals surface area contributed by atoms with E-state index in [-0.39, 0.29) is 0 Å². The SMILES string of the molecule is CN[C@H](C)[C]1[CH][CH][CH][C]1P(c1ccccc1)c1ccccc1. The predicted octanol–water partition coefficient (Wildman–Crippen LogP) is 3.46. The van der Waals surface area contributed by atoms with Crippen LogP contribution in [0.5, 0.6) is 0 Å². The van der Waals surface area contributed by atoms with Gasteiger partial charge in [-0.25, -0.2) is 0 Å². The molecule has 1 N–H and O–H groups in total. The number of rotatable bonds is 5. The van der Waals surface area contributed by atoms with Gasteiger partial charge in [-0.1, -0.05) is 60.7 Å². The van der Waals surface area contributed by atoms with Gasteiger partial charge in [-0.15, -0.1) is 0 Å². The zero-order chi connectivity index (χ0) is 15.4. The van der Waals surface area contributed by atoms with Crippen molar-refractivity contribution in [3.05, 3.63) is 91.5 Å². The molecule has 1 aliphatic carbocycles. The van der Waals surface area contributed by atoms with E-state index in [0.717, 1.165) is 0 Å². The first-order chi connectivity index (χ1) is 10.8. The molecule has 0 aliphatic heterocycles. The molecule has 1 saturated carbocycles. The third kappa shape index (κ3) is 3.26. The van der Waals surface area contributed by atoms with E-state index < -0.39 is 7.92 Å². The summed E-state index contributed by atoms with van der Waals surface area (Å²) >= 11 is 0. The summed E-state index contributed by atoms with van der Waals surface area (Å²) in [5.41, 5.74) is 1.45. The van der Waals surface area contributed by atoms with Gasteiger partial charge in [0.1, 0.15) is 0 Å². The van der Waals surface area contributed by atoms with E-state index >= 15 is 0 Å². The molecule has 3 rings (SSSR count). The average molecular weight is 306 g/mol. The van der Waals surface area contributed by atoms with Crippen molar-refractivity contribution in [3.63, 3.8) is 0 Å². The van der Waals surface area contributed by atoms with Crippen molar-refractivity contribution >= 4 is 18.5 Å². The van der Waals surface area contributed by atoms with E-state index in [1.807, 2.05) is 7.05 Å². The highest BCUT2D eigenvalue weighted by Crippen LogP contribution is 2.56. The third-order valence-corrected chi connectivity index (χ3v) is 6.51. The van der Waals surface area contributed by atoms with Crippen molar-refractivity contribution in [2.75, 3.05) is 7.05 Å². The molecule has 2 aromatic rings. The minimum absolute atomic E-state index is 0.363. The maximum atomic E-state index is 3.38. The van der Waals surface area contributed by atoms with Crippen molar-refractivity contribution < 1.29 is 0 Å². The first-order valence-corrected chi connectivity index (χ1v) is 8.98. The van der Waals surface area contributed by atoms with Crippen LogP contribution >= 0.6 is 7.92 Å². The summed E-state index contributed by atoms with van der Waals surface area (Å²) in [6.07, 6.45) is 6.71. The van der Waals surface area contributed by atoms with Gasteiger partial charge < -0.3 is 5.32 Å². The maximum absolute atomic E-state index is 3.38. The number of hydrogen-bond acceptors (Lipinski definition) is 1. The summed E-state index contributed by atoms with van der Waals surface area (Å²) < 4.78 is 0. The number of nitrogens with one attached hydrogen (secondary N) is 1. The molecular weight excluding hydrogens is 285 g/mol. The minimum Gasteiger partial charge on any atom is -0.317 e. The van der Waals surface area contributed by atoms with Crippen LogP contribution in [0.25, 0.3) is 0 Å². The summed E-state index contributed by atoms with van der Waals surface area (Å²) in [6, 6.07) is 22.1. The second-order valence-electron chi connectivity index (χ2n) is 5.38. The Morgan fingerprint density at radius 1 is 0.818 bits per heavy atom. The molecule has 1 aliphatic rings. The molecule has 0 spiro atoms. The molecule has 22 heavy (non-hydrogen) atoms. The van der Waals surface area contributed by atoms with Gasteiger partial charge in [0.2, 0.25) is 0 Å². The van der Waals surface area contributed by atoms with Crippen molar-refractivity contribution in [1.29, 1.82) is 0 Å². The molecule has 0 heterocycles. The third-order valence-electron chi connectivity index (χ3n) is 3.99. The Balaban J connectivity index is 1.99. The summed E-state index contributed by atoms with van der Waals surface area (Å²) in [4.78, 5) is 0. The summed E-state index contributed by atoms with van der Waals surface area (Å²) in [5.74, 6) is 1.40. The Hall–Kier alpha value is -1.17. The normalized spacial score (nSPS) is 18.0. The van der Waals surface area contributed by atoms with Gasteiger partial charge >= 0.3 is 0 Å². The molecule has 0 unspecified atom stereocenters. The molecule has 1 nitrogen and oxygen atoms in total. The van der Waals surface area contributed by atoms with E-state index in [9.17, 15) is 0 Å². The van der Waals surface area contributed by atoms with Crippen molar-refractivity contribution in [3.8, 4) is 0 Å². The fourth-order valence-electron chi connectivity index (χ4n) is 2.73. The zero-order valence-corrected chi connectivity index (χ0v) is 13.9. The first kappa shape index (κ1) is 15.7. The molecule has 1 fully saturated rings. The fourth-order valence-corrected chi connectivity index (χ4v) is 5.29. The van der Waals surface area contributed by atoms with Gasteiger partial charge in [0.25, 0.3) is 0 Å². The average Bonchev–Trinajstić information content (AvgIpc) is 3.06. The van der Waals surface area contributed by atoms with Crippen LogP contribution in [0.2, 0.25) is 0 Å². The molecule has 0 amide bonds. The lowest BCUT2D eigenvalue weighted by Gasteiger charge is -2.32. The second kappa shape index (κ2) is 7.40. The number of benzene rings is 2. The smallest absolute Gasteiger partial charge is 0.0211 e. The van der Waals surface area contributed by atoms with E-state index in [1.165, 1.54) is 22.2 Å². The van der Waals surface area contributed by atoms with E-state index in [4.69, 9.17) is 0 Å². The molecule has 0 saturated heterocycles. The highest BCUT2D eigenvalue weighted by molar-refractivity contribution is 7.76. The molecule has 111 valence electrons. The molecule has 5 radical (unpaired) electrons. The monoisotopic (exact) mass is 306 g/mol. The second-order valence-corrected chi connectivity index (χ2v) is 7.57. The highest BCUT2D eigenvalue weighted by Gasteiger charge is 2.39. The van der Waals surface area contributed by atoms with Crippen LogP contribution in [0.15, 0.2) is 60.7 Å². The lowest BCUT2D eigenvalue weighted by atomic mass is 10.00. The quantitative estimate of drug-likeness (QED) is 0.834. The van der Waals surface area contributed by atoms with Gasteiger partial charge in [0, 0.05) is 17.6 Å². The standard InChI is InChI=1S/C20H21NP/c1-16(21-2)19-14-9-15-20(19)22(17-10-5-3-6-11-17)18-12-7-4-8-13-18/h3-16,21H,1-2H3/t16-/m1/s1. The Labute approximate surface area is 135 Å². The van der Waals surface area contributed by atoms with E-state index in [2.05, 4.69) is 92.2 Å². The topological polar surface area (TPSA) is 12.0 Å². The fraction of sp³-hybridized carbons (Fsp3) is 0.150. The molecule has 0 aromatic heterocycles. The van der Waals surface area contributed by atoms with Crippen LogP contribution in [0.1, 0.15) is 6.92 Å². The van der Waals surface area contributed by atoms with Gasteiger partial charge in [-0.05, 0) is 51.8 Å². The Kier molecular flexibility index (Phi) is 5.28. The van der Waals surface area contributed by atoms with Gasteiger partial charge in [0.05, 0.1) is 0 Å². The number of hydrogen-bond donors (Lipinski definition) is 1. The largest absolute Gasteiger partial charge is 0.317 e. The molecule has 0 bridgehead atoms. The molecular formula is C20H21NP. The van der Waals surface area contributed by atoms with Gasteiger partial charge in [-0.3, -0.25) is 0 Å². The molecule has 2 aromatic carbocycles. The lowest BCUT2D eigenvalue weighted by molar-refractivity contribution is 0.650. The molecule has 2 heteroatoms. The highest BCUT2D eigenvalue weighted by atomic mass is 31.1.